The van der Waals surface area contributed by atoms with Gasteiger partial charge in [0.05, 0.1) is 9.77 Å². The predicted molar refractivity (Wildman–Crippen MR) is 89.5 cm³/mol. The fourth-order valence-electron chi connectivity index (χ4n) is 1.38. The molecule has 0 atom stereocenters. The molecule has 0 aliphatic rings. The van der Waals surface area contributed by atoms with Crippen molar-refractivity contribution in [1.29, 1.82) is 0 Å². The largest absolute Gasteiger partial charge is 0.296 e. The standard InChI is InChI=1S/C11H14N4O3S4/c1-4-19-11-14-13-10(21-11)12-9(16)8-5-7(6-20-8)22(17,18)15(2)3/h5-6H,4H2,1-3H3,(H,12,13,16). The summed E-state index contributed by atoms with van der Waals surface area (Å²) in [6, 6.07) is 1.36. The second kappa shape index (κ2) is 7.04. The monoisotopic (exact) mass is 378 g/mol. The summed E-state index contributed by atoms with van der Waals surface area (Å²) in [6.45, 7) is 2.00. The minimum atomic E-state index is -3.53. The van der Waals surface area contributed by atoms with Gasteiger partial charge in [-0.1, -0.05) is 30.0 Å². The van der Waals surface area contributed by atoms with Crippen molar-refractivity contribution in [3.8, 4) is 0 Å². The molecular weight excluding hydrogens is 364 g/mol. The molecule has 2 heterocycles. The molecule has 2 aromatic rings. The quantitative estimate of drug-likeness (QED) is 0.612. The molecule has 0 bridgehead atoms. The maximum absolute atomic E-state index is 12.1. The minimum Gasteiger partial charge on any atom is -0.296 e. The average molecular weight is 379 g/mol. The van der Waals surface area contributed by atoms with Crippen molar-refractivity contribution in [2.75, 3.05) is 25.2 Å². The molecule has 1 N–H and O–H groups in total. The highest BCUT2D eigenvalue weighted by Gasteiger charge is 2.21. The molecule has 120 valence electrons. The van der Waals surface area contributed by atoms with E-state index in [2.05, 4.69) is 15.5 Å². The van der Waals surface area contributed by atoms with E-state index in [0.717, 1.165) is 25.7 Å². The highest BCUT2D eigenvalue weighted by atomic mass is 32.2. The summed E-state index contributed by atoms with van der Waals surface area (Å²) in [5.74, 6) is 0.480. The molecule has 0 radical (unpaired) electrons. The first-order chi connectivity index (χ1) is 10.3. The fraction of sp³-hybridized carbons (Fsp3) is 0.364. The number of thiophene rings is 1. The Bertz CT molecular complexity index is 766. The van der Waals surface area contributed by atoms with E-state index in [4.69, 9.17) is 0 Å². The van der Waals surface area contributed by atoms with E-state index in [-0.39, 0.29) is 4.90 Å². The number of thioether (sulfide) groups is 1. The molecule has 1 amide bonds. The Balaban J connectivity index is 2.12. The first-order valence-electron chi connectivity index (χ1n) is 6.13. The number of hydrogen-bond acceptors (Lipinski definition) is 8. The summed E-state index contributed by atoms with van der Waals surface area (Å²) in [7, 11) is -0.640. The van der Waals surface area contributed by atoms with Crippen LogP contribution in [0.2, 0.25) is 0 Å². The molecule has 0 aromatic carbocycles. The molecule has 7 nitrogen and oxygen atoms in total. The Morgan fingerprint density at radius 3 is 2.77 bits per heavy atom. The third-order valence-electron chi connectivity index (χ3n) is 2.47. The van der Waals surface area contributed by atoms with Crippen molar-refractivity contribution in [2.45, 2.75) is 16.2 Å². The Morgan fingerprint density at radius 2 is 2.14 bits per heavy atom. The van der Waals surface area contributed by atoms with Gasteiger partial charge in [-0.25, -0.2) is 12.7 Å². The van der Waals surface area contributed by atoms with Crippen molar-refractivity contribution in [2.24, 2.45) is 0 Å². The van der Waals surface area contributed by atoms with Gasteiger partial charge in [0.15, 0.2) is 4.34 Å². The number of rotatable bonds is 6. The highest BCUT2D eigenvalue weighted by Crippen LogP contribution is 2.26. The van der Waals surface area contributed by atoms with E-state index in [1.54, 1.807) is 11.8 Å². The van der Waals surface area contributed by atoms with Gasteiger partial charge in [0, 0.05) is 19.5 Å². The van der Waals surface area contributed by atoms with Crippen LogP contribution in [0.1, 0.15) is 16.6 Å². The SMILES string of the molecule is CCSc1nnc(NC(=O)c2cc(S(=O)(=O)N(C)C)cs2)s1. The third kappa shape index (κ3) is 3.84. The smallest absolute Gasteiger partial charge is 0.267 e. The van der Waals surface area contributed by atoms with Gasteiger partial charge in [0.2, 0.25) is 15.2 Å². The van der Waals surface area contributed by atoms with Crippen molar-refractivity contribution in [3.63, 3.8) is 0 Å². The van der Waals surface area contributed by atoms with Gasteiger partial charge in [-0.05, 0) is 11.8 Å². The molecule has 0 fully saturated rings. The number of hydrogen-bond donors (Lipinski definition) is 1. The number of carbonyl (C=O) groups excluding carboxylic acids is 1. The molecule has 0 aliphatic heterocycles. The first kappa shape index (κ1) is 17.3. The second-order valence-corrected chi connectivity index (χ2v) is 9.75. The maximum atomic E-state index is 12.1. The number of nitrogens with zero attached hydrogens (tertiary/aromatic N) is 3. The number of aromatic nitrogens is 2. The van der Waals surface area contributed by atoms with E-state index >= 15 is 0 Å². The zero-order valence-corrected chi connectivity index (χ0v) is 15.3. The van der Waals surface area contributed by atoms with Gasteiger partial charge in [-0.15, -0.1) is 21.5 Å². The summed E-state index contributed by atoms with van der Waals surface area (Å²) in [5, 5.41) is 12.3. The predicted octanol–water partition coefficient (Wildman–Crippen LogP) is 2.21. The Kier molecular flexibility index (Phi) is 5.55. The van der Waals surface area contributed by atoms with Crippen LogP contribution in [0.25, 0.3) is 0 Å². The van der Waals surface area contributed by atoms with Crippen LogP contribution in [-0.4, -0.2) is 48.7 Å². The number of sulfonamides is 1. The Hall–Kier alpha value is -1.01. The van der Waals surface area contributed by atoms with Gasteiger partial charge in [-0.2, -0.15) is 0 Å². The zero-order valence-electron chi connectivity index (χ0n) is 12.1. The van der Waals surface area contributed by atoms with Gasteiger partial charge in [-0.3, -0.25) is 10.1 Å². The maximum Gasteiger partial charge on any atom is 0.267 e. The first-order valence-corrected chi connectivity index (χ1v) is 10.3. The molecular formula is C11H14N4O3S4. The number of amides is 1. The summed E-state index contributed by atoms with van der Waals surface area (Å²) in [4.78, 5) is 12.5. The van der Waals surface area contributed by atoms with Crippen molar-refractivity contribution < 1.29 is 13.2 Å². The van der Waals surface area contributed by atoms with Crippen LogP contribution in [0.3, 0.4) is 0 Å². The van der Waals surface area contributed by atoms with Crippen LogP contribution in [-0.2, 0) is 10.0 Å². The van der Waals surface area contributed by atoms with Crippen molar-refractivity contribution in [3.05, 3.63) is 16.3 Å². The van der Waals surface area contributed by atoms with Crippen LogP contribution in [0.4, 0.5) is 5.13 Å². The van der Waals surface area contributed by atoms with Gasteiger partial charge in [0.25, 0.3) is 5.91 Å². The molecule has 22 heavy (non-hydrogen) atoms. The Morgan fingerprint density at radius 1 is 1.41 bits per heavy atom. The van der Waals surface area contributed by atoms with E-state index in [1.807, 2.05) is 6.92 Å². The lowest BCUT2D eigenvalue weighted by Crippen LogP contribution is -2.21. The molecule has 11 heteroatoms. The van der Waals surface area contributed by atoms with Crippen LogP contribution in [0.5, 0.6) is 0 Å². The van der Waals surface area contributed by atoms with Crippen LogP contribution in [0, 0.1) is 0 Å². The van der Waals surface area contributed by atoms with Crippen LogP contribution in [0.15, 0.2) is 20.7 Å². The summed E-state index contributed by atoms with van der Waals surface area (Å²) in [5.41, 5.74) is 0. The zero-order chi connectivity index (χ0) is 16.3. The van der Waals surface area contributed by atoms with Gasteiger partial charge in [0.1, 0.15) is 0 Å². The summed E-state index contributed by atoms with van der Waals surface area (Å²) in [6.07, 6.45) is 0. The third-order valence-corrected chi connectivity index (χ3v) is 7.20. The molecule has 0 spiro atoms. The number of nitrogens with one attached hydrogen (secondary N) is 1. The summed E-state index contributed by atoms with van der Waals surface area (Å²) < 4.78 is 25.8. The van der Waals surface area contributed by atoms with E-state index < -0.39 is 15.9 Å². The molecule has 0 unspecified atom stereocenters. The van der Waals surface area contributed by atoms with Crippen molar-refractivity contribution >= 4 is 55.5 Å². The van der Waals surface area contributed by atoms with Gasteiger partial charge < -0.3 is 0 Å². The summed E-state index contributed by atoms with van der Waals surface area (Å²) >= 11 is 3.90. The molecule has 2 rings (SSSR count). The molecule has 0 saturated heterocycles. The van der Waals surface area contributed by atoms with Gasteiger partial charge >= 0.3 is 0 Å². The topological polar surface area (TPSA) is 92.3 Å². The lowest BCUT2D eigenvalue weighted by Gasteiger charge is -2.08. The average Bonchev–Trinajstić information content (AvgIpc) is 3.08. The van der Waals surface area contributed by atoms with Crippen molar-refractivity contribution in [1.82, 2.24) is 14.5 Å². The number of anilines is 1. The fourth-order valence-corrected chi connectivity index (χ4v) is 5.09. The molecule has 2 aromatic heterocycles. The molecule has 0 aliphatic carbocycles. The minimum absolute atomic E-state index is 0.104. The van der Waals surface area contributed by atoms with E-state index in [1.165, 1.54) is 36.9 Å². The number of carbonyl (C=O) groups is 1. The highest BCUT2D eigenvalue weighted by molar-refractivity contribution is 8.01. The molecule has 0 saturated carbocycles. The Labute approximate surface area is 140 Å². The lowest BCUT2D eigenvalue weighted by molar-refractivity contribution is 0.103. The lowest BCUT2D eigenvalue weighted by atomic mass is 10.4. The van der Waals surface area contributed by atoms with E-state index in [0.29, 0.717) is 10.0 Å². The van der Waals surface area contributed by atoms with Crippen LogP contribution < -0.4 is 5.32 Å². The van der Waals surface area contributed by atoms with E-state index in [9.17, 15) is 13.2 Å². The normalized spacial score (nSPS) is 11.8. The van der Waals surface area contributed by atoms with Crippen LogP contribution >= 0.6 is 34.4 Å². The second-order valence-electron chi connectivity index (χ2n) is 4.19.